The number of rotatable bonds is 7. The number of aromatic nitrogens is 1. The Hall–Kier alpha value is -3.62. The Morgan fingerprint density at radius 2 is 1.53 bits per heavy atom. The third kappa shape index (κ3) is 6.54. The lowest BCUT2D eigenvalue weighted by Gasteiger charge is -2.47. The van der Waals surface area contributed by atoms with Gasteiger partial charge in [-0.3, -0.25) is 19.7 Å². The van der Waals surface area contributed by atoms with Crippen LogP contribution >= 0.6 is 23.2 Å². The number of carbonyl (C=O) groups excluding carboxylic acids is 2. The molecule has 10 heteroatoms. The van der Waals surface area contributed by atoms with Crippen LogP contribution in [0, 0.1) is 5.92 Å². The highest BCUT2D eigenvalue weighted by Gasteiger charge is 2.60. The van der Waals surface area contributed by atoms with Gasteiger partial charge in [0.2, 0.25) is 5.91 Å². The highest BCUT2D eigenvalue weighted by atomic mass is 35.5. The van der Waals surface area contributed by atoms with Gasteiger partial charge in [0.25, 0.3) is 0 Å². The molecule has 0 spiro atoms. The van der Waals surface area contributed by atoms with E-state index in [2.05, 4.69) is 39.9 Å². The van der Waals surface area contributed by atoms with Crippen molar-refractivity contribution in [2.75, 3.05) is 19.7 Å². The second-order valence-corrected chi connectivity index (χ2v) is 15.7. The number of amidine groups is 1. The SMILES string of the molecule is CCOc1cc(C(C)(C)C)ncc1C1=N[C@@](C)(c2ccc(Cl)cc2)[C@@](C)(c2ccc(Cl)cc2)N1C(=O)N1CCC(C(=O)NC2CCC2)CC1. The van der Waals surface area contributed by atoms with Crippen molar-refractivity contribution in [2.45, 2.75) is 96.2 Å². The summed E-state index contributed by atoms with van der Waals surface area (Å²) in [4.78, 5) is 42.3. The zero-order chi connectivity index (χ0) is 35.1. The number of likely N-dealkylation sites (tertiary alicyclic amines) is 1. The quantitative estimate of drug-likeness (QED) is 0.267. The molecule has 2 aliphatic heterocycles. The van der Waals surface area contributed by atoms with Gasteiger partial charge in [0.05, 0.1) is 12.2 Å². The zero-order valence-corrected chi connectivity index (χ0v) is 30.9. The molecule has 2 atom stereocenters. The number of aliphatic imine (C=N–C) groups is 1. The number of hydrogen-bond acceptors (Lipinski definition) is 5. The first kappa shape index (κ1) is 35.2. The summed E-state index contributed by atoms with van der Waals surface area (Å²) < 4.78 is 6.27. The maximum atomic E-state index is 15.2. The van der Waals surface area contributed by atoms with E-state index >= 15 is 4.79 Å². The normalized spacial score (nSPS) is 23.2. The number of ether oxygens (including phenoxy) is 1. The average Bonchev–Trinajstić information content (AvgIpc) is 3.30. The number of halogens is 2. The van der Waals surface area contributed by atoms with Gasteiger partial charge in [-0.15, -0.1) is 0 Å². The van der Waals surface area contributed by atoms with Crippen LogP contribution in [0.4, 0.5) is 4.79 Å². The second-order valence-electron chi connectivity index (χ2n) is 14.9. The van der Waals surface area contributed by atoms with E-state index < -0.39 is 11.1 Å². The number of benzene rings is 2. The lowest BCUT2D eigenvalue weighted by molar-refractivity contribution is -0.127. The second kappa shape index (κ2) is 13.6. The minimum atomic E-state index is -1.03. The lowest BCUT2D eigenvalue weighted by Crippen LogP contribution is -2.59. The van der Waals surface area contributed by atoms with Crippen LogP contribution < -0.4 is 10.1 Å². The van der Waals surface area contributed by atoms with E-state index in [0.717, 1.165) is 29.7 Å². The molecule has 1 aliphatic carbocycles. The fraction of sp³-hybridized carbons (Fsp3) is 0.487. The van der Waals surface area contributed by atoms with Gasteiger partial charge in [-0.25, -0.2) is 4.79 Å². The first-order valence-electron chi connectivity index (χ1n) is 17.4. The molecule has 260 valence electrons. The van der Waals surface area contributed by atoms with Gasteiger partial charge in [-0.1, -0.05) is 68.2 Å². The van der Waals surface area contributed by atoms with Crippen LogP contribution in [-0.2, 0) is 21.3 Å². The molecule has 0 bridgehead atoms. The van der Waals surface area contributed by atoms with Crippen LogP contribution in [0.1, 0.15) is 96.0 Å². The molecule has 1 aromatic heterocycles. The smallest absolute Gasteiger partial charge is 0.326 e. The van der Waals surface area contributed by atoms with E-state index in [1.807, 2.05) is 71.3 Å². The molecule has 1 saturated heterocycles. The molecule has 0 radical (unpaired) electrons. The Labute approximate surface area is 300 Å². The van der Waals surface area contributed by atoms with Crippen LogP contribution in [0.5, 0.6) is 5.75 Å². The van der Waals surface area contributed by atoms with E-state index in [9.17, 15) is 4.79 Å². The number of nitrogens with zero attached hydrogens (tertiary/aromatic N) is 4. The summed E-state index contributed by atoms with van der Waals surface area (Å²) in [6, 6.07) is 17.4. The molecule has 1 saturated carbocycles. The first-order chi connectivity index (χ1) is 23.3. The molecular weight excluding hydrogens is 657 g/mol. The van der Waals surface area contributed by atoms with Crippen molar-refractivity contribution in [3.05, 3.63) is 93.2 Å². The number of amides is 3. The number of piperidine rings is 1. The molecule has 3 heterocycles. The minimum Gasteiger partial charge on any atom is -0.493 e. The summed E-state index contributed by atoms with van der Waals surface area (Å²) in [5.74, 6) is 1.08. The number of carbonyl (C=O) groups is 2. The molecule has 3 aromatic rings. The summed E-state index contributed by atoms with van der Waals surface area (Å²) in [6.45, 7) is 13.7. The Morgan fingerprint density at radius 1 is 0.939 bits per heavy atom. The van der Waals surface area contributed by atoms with E-state index in [4.69, 9.17) is 37.9 Å². The van der Waals surface area contributed by atoms with Crippen molar-refractivity contribution >= 4 is 41.0 Å². The van der Waals surface area contributed by atoms with Crippen molar-refractivity contribution < 1.29 is 14.3 Å². The fourth-order valence-corrected chi connectivity index (χ4v) is 7.46. The zero-order valence-electron chi connectivity index (χ0n) is 29.4. The van der Waals surface area contributed by atoms with Crippen molar-refractivity contribution in [3.8, 4) is 5.75 Å². The Morgan fingerprint density at radius 3 is 2.06 bits per heavy atom. The summed E-state index contributed by atoms with van der Waals surface area (Å²) in [6.07, 6.45) is 6.25. The molecule has 0 unspecified atom stereocenters. The molecule has 3 aliphatic rings. The van der Waals surface area contributed by atoms with E-state index in [-0.39, 0.29) is 23.3 Å². The number of nitrogens with one attached hydrogen (secondary N) is 1. The van der Waals surface area contributed by atoms with Crippen molar-refractivity contribution in [3.63, 3.8) is 0 Å². The van der Waals surface area contributed by atoms with Crippen molar-refractivity contribution in [1.82, 2.24) is 20.1 Å². The summed E-state index contributed by atoms with van der Waals surface area (Å²) in [5.41, 5.74) is 1.06. The predicted molar refractivity (Wildman–Crippen MR) is 196 cm³/mol. The Balaban J connectivity index is 1.48. The highest BCUT2D eigenvalue weighted by molar-refractivity contribution is 6.30. The minimum absolute atomic E-state index is 0.105. The summed E-state index contributed by atoms with van der Waals surface area (Å²) in [5, 5.41) is 4.42. The molecule has 6 rings (SSSR count). The van der Waals surface area contributed by atoms with Crippen LogP contribution in [-0.4, -0.2) is 58.3 Å². The van der Waals surface area contributed by atoms with Crippen LogP contribution in [0.3, 0.4) is 0 Å². The summed E-state index contributed by atoms with van der Waals surface area (Å²) in [7, 11) is 0. The maximum Gasteiger partial charge on any atom is 0.326 e. The molecule has 49 heavy (non-hydrogen) atoms. The number of hydrogen-bond donors (Lipinski definition) is 1. The van der Waals surface area contributed by atoms with Gasteiger partial charge >= 0.3 is 6.03 Å². The van der Waals surface area contributed by atoms with Gasteiger partial charge < -0.3 is 15.0 Å². The standard InChI is InChI=1S/C39H47Cl2N5O3/c1-7-49-32-23-33(37(2,3)4)42-24-31(32)34-44-38(5,26-11-15-28(40)16-12-26)39(6,27-13-17-29(41)18-14-27)46(34)36(48)45-21-19-25(20-22-45)35(47)43-30-9-8-10-30/h11-18,23-25,30H,7-10,19-22H2,1-6H3,(H,43,47)/t38-,39+/m0/s1. The van der Waals surface area contributed by atoms with Gasteiger partial charge in [0.15, 0.2) is 0 Å². The molecular formula is C39H47Cl2N5O3. The third-order valence-electron chi connectivity index (χ3n) is 10.7. The third-order valence-corrected chi connectivity index (χ3v) is 11.2. The molecule has 2 aromatic carbocycles. The van der Waals surface area contributed by atoms with E-state index in [1.165, 1.54) is 6.42 Å². The van der Waals surface area contributed by atoms with Crippen molar-refractivity contribution in [1.29, 1.82) is 0 Å². The van der Waals surface area contributed by atoms with E-state index in [0.29, 0.717) is 65.8 Å². The highest BCUT2D eigenvalue weighted by Crippen LogP contribution is 2.54. The number of urea groups is 1. The first-order valence-corrected chi connectivity index (χ1v) is 18.2. The monoisotopic (exact) mass is 703 g/mol. The fourth-order valence-electron chi connectivity index (χ4n) is 7.20. The molecule has 3 amide bonds. The van der Waals surface area contributed by atoms with Crippen LogP contribution in [0.2, 0.25) is 10.0 Å². The summed E-state index contributed by atoms with van der Waals surface area (Å²) >= 11 is 12.8. The number of pyridine rings is 1. The predicted octanol–water partition coefficient (Wildman–Crippen LogP) is 8.48. The Kier molecular flexibility index (Phi) is 9.77. The van der Waals surface area contributed by atoms with Gasteiger partial charge in [0.1, 0.15) is 22.7 Å². The largest absolute Gasteiger partial charge is 0.493 e. The van der Waals surface area contributed by atoms with E-state index in [1.54, 1.807) is 6.20 Å². The van der Waals surface area contributed by atoms with Gasteiger partial charge in [0, 0.05) is 58.5 Å². The van der Waals surface area contributed by atoms with Gasteiger partial charge in [-0.2, -0.15) is 0 Å². The maximum absolute atomic E-state index is 15.2. The van der Waals surface area contributed by atoms with Crippen LogP contribution in [0.25, 0.3) is 0 Å². The van der Waals surface area contributed by atoms with Gasteiger partial charge in [-0.05, 0) is 88.3 Å². The molecule has 8 nitrogen and oxygen atoms in total. The van der Waals surface area contributed by atoms with Crippen molar-refractivity contribution in [2.24, 2.45) is 10.9 Å². The average molecular weight is 705 g/mol. The molecule has 2 fully saturated rings. The Bertz CT molecular complexity index is 1730. The lowest BCUT2D eigenvalue weighted by atomic mass is 9.71. The van der Waals surface area contributed by atoms with Crippen LogP contribution in [0.15, 0.2) is 65.8 Å². The topological polar surface area (TPSA) is 87.1 Å². The molecule has 1 N–H and O–H groups in total.